The summed E-state index contributed by atoms with van der Waals surface area (Å²) in [4.78, 5) is 56.0. The van der Waals surface area contributed by atoms with Gasteiger partial charge in [-0.1, -0.05) is 6.07 Å². The summed E-state index contributed by atoms with van der Waals surface area (Å²) in [6, 6.07) is 14.2. The predicted octanol–water partition coefficient (Wildman–Crippen LogP) is 5.19. The third-order valence-corrected chi connectivity index (χ3v) is 6.33. The molecule has 0 radical (unpaired) electrons. The smallest absolute Gasteiger partial charge is 0.328 e. The fraction of sp³-hybridized carbons (Fsp3) is 0.194. The number of aromatic nitrogens is 2. The van der Waals surface area contributed by atoms with Crippen LogP contribution in [-0.2, 0) is 19.1 Å². The van der Waals surface area contributed by atoms with Gasteiger partial charge in [-0.3, -0.25) is 14.6 Å². The van der Waals surface area contributed by atoms with Gasteiger partial charge in [-0.2, -0.15) is 0 Å². The maximum absolute atomic E-state index is 13.9. The van der Waals surface area contributed by atoms with Gasteiger partial charge in [0.25, 0.3) is 5.91 Å². The van der Waals surface area contributed by atoms with Gasteiger partial charge in [-0.15, -0.1) is 0 Å². The minimum Gasteiger partial charge on any atom is -0.469 e. The van der Waals surface area contributed by atoms with Crippen molar-refractivity contribution in [2.75, 3.05) is 24.9 Å². The molecule has 44 heavy (non-hydrogen) atoms. The second kappa shape index (κ2) is 14.4. The number of esters is 2. The van der Waals surface area contributed by atoms with Crippen LogP contribution in [0.4, 0.5) is 20.6 Å². The number of methoxy groups -OCH3 is 2. The Hall–Kier alpha value is -5.72. The van der Waals surface area contributed by atoms with Gasteiger partial charge < -0.3 is 35.1 Å². The molecule has 0 aliphatic carbocycles. The van der Waals surface area contributed by atoms with Gasteiger partial charge in [0.1, 0.15) is 23.4 Å². The van der Waals surface area contributed by atoms with Crippen molar-refractivity contribution in [2.45, 2.75) is 25.8 Å². The number of rotatable bonds is 11. The molecule has 0 aliphatic heterocycles. The molecule has 4 rings (SSSR count). The Bertz CT molecular complexity index is 1660. The van der Waals surface area contributed by atoms with Gasteiger partial charge in [0.2, 0.25) is 0 Å². The Balaban J connectivity index is 1.36. The number of nitrogens with one attached hydrogen (secondary N) is 4. The highest BCUT2D eigenvalue weighted by Crippen LogP contribution is 2.27. The topological polar surface area (TPSA) is 161 Å². The van der Waals surface area contributed by atoms with E-state index in [0.717, 1.165) is 5.56 Å². The summed E-state index contributed by atoms with van der Waals surface area (Å²) in [7, 11) is 2.42. The Labute approximate surface area is 251 Å². The highest BCUT2D eigenvalue weighted by Gasteiger charge is 2.24. The first kappa shape index (κ1) is 31.2. The highest BCUT2D eigenvalue weighted by molar-refractivity contribution is 6.00. The summed E-state index contributed by atoms with van der Waals surface area (Å²) in [6.45, 7) is 1.79. The van der Waals surface area contributed by atoms with Gasteiger partial charge in [0.15, 0.2) is 0 Å². The van der Waals surface area contributed by atoms with Crippen LogP contribution < -0.4 is 20.7 Å². The molecule has 0 aliphatic rings. The lowest BCUT2D eigenvalue weighted by molar-refractivity contribution is -0.144. The SMILES string of the molecule is COC(=O)CC[C@H](NC(=O)c1c[nH]c(-c2cc(Oc3ccc(NC(=O)Nc4cc(C)ccc4F)cc3)ccn2)c1)C(=O)OC. The lowest BCUT2D eigenvalue weighted by atomic mass is 10.1. The second-order valence-corrected chi connectivity index (χ2v) is 9.53. The molecule has 0 fully saturated rings. The van der Waals surface area contributed by atoms with E-state index in [2.05, 4.69) is 30.7 Å². The van der Waals surface area contributed by atoms with Gasteiger partial charge >= 0.3 is 18.0 Å². The molecular formula is C31H30FN5O7. The zero-order chi connectivity index (χ0) is 31.6. The lowest BCUT2D eigenvalue weighted by Crippen LogP contribution is -2.41. The normalized spacial score (nSPS) is 11.2. The third kappa shape index (κ3) is 8.41. The number of aromatic amines is 1. The molecule has 1 atom stereocenters. The van der Waals surface area contributed by atoms with Crippen LogP contribution in [0.1, 0.15) is 28.8 Å². The Kier molecular flexibility index (Phi) is 10.3. The molecule has 12 nitrogen and oxygen atoms in total. The fourth-order valence-corrected chi connectivity index (χ4v) is 4.05. The van der Waals surface area contributed by atoms with Crippen LogP contribution in [0.15, 0.2) is 73.1 Å². The van der Waals surface area contributed by atoms with Gasteiger partial charge in [0, 0.05) is 30.6 Å². The molecular weight excluding hydrogens is 573 g/mol. The molecule has 0 bridgehead atoms. The number of H-pyrrole nitrogens is 1. The van der Waals surface area contributed by atoms with E-state index in [1.165, 1.54) is 38.7 Å². The summed E-state index contributed by atoms with van der Waals surface area (Å²) >= 11 is 0. The number of pyridine rings is 1. The predicted molar refractivity (Wildman–Crippen MR) is 159 cm³/mol. The number of anilines is 2. The quantitative estimate of drug-likeness (QED) is 0.171. The number of amides is 3. The summed E-state index contributed by atoms with van der Waals surface area (Å²) in [5.74, 6) is -1.36. The van der Waals surface area contributed by atoms with E-state index in [1.54, 1.807) is 55.5 Å². The van der Waals surface area contributed by atoms with E-state index in [9.17, 15) is 23.6 Å². The maximum atomic E-state index is 13.9. The number of carbonyl (C=O) groups is 4. The number of carbonyl (C=O) groups excluding carboxylic acids is 4. The molecule has 4 N–H and O–H groups in total. The van der Waals surface area contributed by atoms with Crippen LogP contribution in [0.2, 0.25) is 0 Å². The van der Waals surface area contributed by atoms with Gasteiger partial charge in [-0.05, 0) is 67.4 Å². The number of hydrogen-bond acceptors (Lipinski definition) is 8. The molecule has 2 aromatic heterocycles. The summed E-state index contributed by atoms with van der Waals surface area (Å²) in [6.07, 6.45) is 2.94. The van der Waals surface area contributed by atoms with Crippen molar-refractivity contribution < 1.29 is 37.8 Å². The van der Waals surface area contributed by atoms with Crippen molar-refractivity contribution in [3.05, 3.63) is 90.0 Å². The van der Waals surface area contributed by atoms with Gasteiger partial charge in [-0.25, -0.2) is 14.0 Å². The van der Waals surface area contributed by atoms with E-state index in [4.69, 9.17) is 9.47 Å². The van der Waals surface area contributed by atoms with Crippen LogP contribution in [-0.4, -0.2) is 54.1 Å². The molecule has 2 aromatic carbocycles. The zero-order valence-corrected chi connectivity index (χ0v) is 24.1. The van der Waals surface area contributed by atoms with Crippen molar-refractivity contribution in [2.24, 2.45) is 0 Å². The van der Waals surface area contributed by atoms with Crippen molar-refractivity contribution in [3.63, 3.8) is 0 Å². The van der Waals surface area contributed by atoms with Crippen LogP contribution in [0.25, 0.3) is 11.4 Å². The van der Waals surface area contributed by atoms with E-state index in [0.29, 0.717) is 28.6 Å². The molecule has 0 unspecified atom stereocenters. The van der Waals surface area contributed by atoms with Gasteiger partial charge in [0.05, 0.1) is 36.9 Å². The number of urea groups is 1. The monoisotopic (exact) mass is 603 g/mol. The van der Waals surface area contributed by atoms with Crippen molar-refractivity contribution in [1.29, 1.82) is 0 Å². The van der Waals surface area contributed by atoms with E-state index >= 15 is 0 Å². The first-order valence-electron chi connectivity index (χ1n) is 13.4. The molecule has 228 valence electrons. The molecule has 0 saturated heterocycles. The number of nitrogens with zero attached hydrogens (tertiary/aromatic N) is 1. The number of halogens is 1. The van der Waals surface area contributed by atoms with Crippen molar-refractivity contribution in [1.82, 2.24) is 15.3 Å². The third-order valence-electron chi connectivity index (χ3n) is 6.33. The summed E-state index contributed by atoms with van der Waals surface area (Å²) < 4.78 is 29.2. The van der Waals surface area contributed by atoms with E-state index in [-0.39, 0.29) is 24.1 Å². The Morgan fingerprint density at radius 2 is 1.70 bits per heavy atom. The first-order valence-corrected chi connectivity index (χ1v) is 13.4. The lowest BCUT2D eigenvalue weighted by Gasteiger charge is -2.15. The fourth-order valence-electron chi connectivity index (χ4n) is 4.05. The molecule has 4 aromatic rings. The number of benzene rings is 2. The van der Waals surface area contributed by atoms with Crippen LogP contribution in [0.5, 0.6) is 11.5 Å². The number of hydrogen-bond donors (Lipinski definition) is 4. The maximum Gasteiger partial charge on any atom is 0.328 e. The van der Waals surface area contributed by atoms with Crippen LogP contribution >= 0.6 is 0 Å². The first-order chi connectivity index (χ1) is 21.1. The minimum absolute atomic E-state index is 0.0148. The second-order valence-electron chi connectivity index (χ2n) is 9.53. The zero-order valence-electron chi connectivity index (χ0n) is 24.1. The van der Waals surface area contributed by atoms with Crippen LogP contribution in [0, 0.1) is 12.7 Å². The van der Waals surface area contributed by atoms with Crippen LogP contribution in [0.3, 0.4) is 0 Å². The molecule has 13 heteroatoms. The highest BCUT2D eigenvalue weighted by atomic mass is 19.1. The summed E-state index contributed by atoms with van der Waals surface area (Å²) in [5.41, 5.74) is 2.58. The largest absolute Gasteiger partial charge is 0.469 e. The molecule has 2 heterocycles. The average Bonchev–Trinajstić information content (AvgIpc) is 3.52. The van der Waals surface area contributed by atoms with E-state index in [1.807, 2.05) is 0 Å². The standard InChI is InChI=1S/C31H30FN5O7/c1-18-4-9-23(32)25(14-18)37-31(41)35-20-5-7-21(8-6-20)44-22-12-13-33-27(16-22)26-15-19(17-34-26)29(39)36-24(30(40)43-3)10-11-28(38)42-2/h4-9,12-17,24,34H,10-11H2,1-3H3,(H,36,39)(H2,35,37,41)/t24-/m0/s1. The van der Waals surface area contributed by atoms with E-state index < -0.39 is 35.7 Å². The van der Waals surface area contributed by atoms with Crippen molar-refractivity contribution in [3.8, 4) is 22.9 Å². The molecule has 3 amide bonds. The Morgan fingerprint density at radius 1 is 0.932 bits per heavy atom. The number of aryl methyl sites for hydroxylation is 1. The summed E-state index contributed by atoms with van der Waals surface area (Å²) in [5, 5.41) is 7.70. The molecule has 0 spiro atoms. The average molecular weight is 604 g/mol. The Morgan fingerprint density at radius 3 is 2.43 bits per heavy atom. The minimum atomic E-state index is -1.04. The van der Waals surface area contributed by atoms with Crippen molar-refractivity contribution >= 4 is 35.3 Å². The number of ether oxygens (including phenoxy) is 3. The molecule has 0 saturated carbocycles.